The lowest BCUT2D eigenvalue weighted by Gasteiger charge is -2.09. The van der Waals surface area contributed by atoms with Gasteiger partial charge in [0.25, 0.3) is 5.91 Å². The second-order valence-electron chi connectivity index (χ2n) is 7.04. The monoisotopic (exact) mass is 395 g/mol. The third-order valence-corrected chi connectivity index (χ3v) is 5.21. The van der Waals surface area contributed by atoms with Gasteiger partial charge in [0.05, 0.1) is 16.4 Å². The molecule has 0 saturated heterocycles. The standard InChI is InChI=1S/C23H26ClN3O/c1-4-5-8-13-25-23(28)22-15-20(18-12-11-16(2)17(3)14-18)26-27(22)21-10-7-6-9-19(21)24/h6-7,9-12,14-15H,4-5,8,13H2,1-3H3,(H,25,28). The Labute approximate surface area is 171 Å². The highest BCUT2D eigenvalue weighted by Crippen LogP contribution is 2.26. The van der Waals surface area contributed by atoms with Crippen LogP contribution in [0, 0.1) is 13.8 Å². The molecular weight excluding hydrogens is 370 g/mol. The van der Waals surface area contributed by atoms with Gasteiger partial charge in [-0.25, -0.2) is 4.68 Å². The molecule has 4 nitrogen and oxygen atoms in total. The quantitative estimate of drug-likeness (QED) is 0.519. The molecule has 0 spiro atoms. The van der Waals surface area contributed by atoms with Crippen LogP contribution in [0.15, 0.2) is 48.5 Å². The number of para-hydroxylation sites is 1. The molecule has 0 radical (unpaired) electrons. The number of amides is 1. The Morgan fingerprint density at radius 1 is 1.07 bits per heavy atom. The molecule has 0 unspecified atom stereocenters. The van der Waals surface area contributed by atoms with Crippen molar-refractivity contribution in [1.82, 2.24) is 15.1 Å². The normalized spacial score (nSPS) is 10.9. The average Bonchev–Trinajstić information content (AvgIpc) is 3.13. The lowest BCUT2D eigenvalue weighted by atomic mass is 10.0. The summed E-state index contributed by atoms with van der Waals surface area (Å²) in [6, 6.07) is 15.5. The van der Waals surface area contributed by atoms with Gasteiger partial charge in [-0.3, -0.25) is 4.79 Å². The van der Waals surface area contributed by atoms with Gasteiger partial charge in [0.2, 0.25) is 0 Å². The maximum absolute atomic E-state index is 12.9. The van der Waals surface area contributed by atoms with E-state index in [0.29, 0.717) is 22.9 Å². The first-order valence-corrected chi connectivity index (χ1v) is 10.1. The molecule has 1 amide bonds. The van der Waals surface area contributed by atoms with Gasteiger partial charge < -0.3 is 5.32 Å². The van der Waals surface area contributed by atoms with E-state index >= 15 is 0 Å². The van der Waals surface area contributed by atoms with Crippen LogP contribution in [-0.4, -0.2) is 22.2 Å². The number of carbonyl (C=O) groups excluding carboxylic acids is 1. The predicted octanol–water partition coefficient (Wildman–Crippen LogP) is 5.73. The molecular formula is C23H26ClN3O. The largest absolute Gasteiger partial charge is 0.351 e. The molecule has 1 heterocycles. The van der Waals surface area contributed by atoms with Gasteiger partial charge in [-0.15, -0.1) is 0 Å². The van der Waals surface area contributed by atoms with Crippen molar-refractivity contribution < 1.29 is 4.79 Å². The average molecular weight is 396 g/mol. The van der Waals surface area contributed by atoms with Gasteiger partial charge in [0.15, 0.2) is 0 Å². The number of benzene rings is 2. The van der Waals surface area contributed by atoms with E-state index in [-0.39, 0.29) is 5.91 Å². The minimum absolute atomic E-state index is 0.140. The van der Waals surface area contributed by atoms with Crippen LogP contribution in [0.2, 0.25) is 5.02 Å². The number of rotatable bonds is 7. The van der Waals surface area contributed by atoms with E-state index in [0.717, 1.165) is 30.5 Å². The van der Waals surface area contributed by atoms with E-state index in [2.05, 4.69) is 38.2 Å². The van der Waals surface area contributed by atoms with Gasteiger partial charge in [-0.1, -0.05) is 55.6 Å². The Hall–Kier alpha value is -2.59. The lowest BCUT2D eigenvalue weighted by molar-refractivity contribution is 0.0945. The number of nitrogens with one attached hydrogen (secondary N) is 1. The molecule has 3 rings (SSSR count). The molecule has 0 atom stereocenters. The van der Waals surface area contributed by atoms with E-state index in [1.165, 1.54) is 11.1 Å². The molecule has 0 aliphatic rings. The summed E-state index contributed by atoms with van der Waals surface area (Å²) in [5.74, 6) is -0.140. The number of hydrogen-bond acceptors (Lipinski definition) is 2. The molecule has 0 aliphatic carbocycles. The zero-order chi connectivity index (χ0) is 20.1. The van der Waals surface area contributed by atoms with E-state index in [4.69, 9.17) is 16.7 Å². The maximum atomic E-state index is 12.9. The van der Waals surface area contributed by atoms with Crippen molar-refractivity contribution in [3.63, 3.8) is 0 Å². The van der Waals surface area contributed by atoms with Crippen molar-refractivity contribution >= 4 is 17.5 Å². The second-order valence-corrected chi connectivity index (χ2v) is 7.45. The van der Waals surface area contributed by atoms with E-state index < -0.39 is 0 Å². The van der Waals surface area contributed by atoms with Crippen LogP contribution in [0.4, 0.5) is 0 Å². The van der Waals surface area contributed by atoms with Crippen LogP contribution in [0.5, 0.6) is 0 Å². The number of aryl methyl sites for hydroxylation is 2. The zero-order valence-electron chi connectivity index (χ0n) is 16.6. The fraction of sp³-hybridized carbons (Fsp3) is 0.304. The summed E-state index contributed by atoms with van der Waals surface area (Å²) in [5.41, 5.74) is 5.32. The summed E-state index contributed by atoms with van der Waals surface area (Å²) in [7, 11) is 0. The fourth-order valence-corrected chi connectivity index (χ4v) is 3.28. The van der Waals surface area contributed by atoms with Crippen molar-refractivity contribution in [3.8, 4) is 16.9 Å². The predicted molar refractivity (Wildman–Crippen MR) is 115 cm³/mol. The first kappa shape index (κ1) is 20.2. The van der Waals surface area contributed by atoms with Crippen molar-refractivity contribution in [2.45, 2.75) is 40.0 Å². The molecule has 0 bridgehead atoms. The maximum Gasteiger partial charge on any atom is 0.270 e. The highest BCUT2D eigenvalue weighted by Gasteiger charge is 2.19. The molecule has 28 heavy (non-hydrogen) atoms. The van der Waals surface area contributed by atoms with E-state index in [9.17, 15) is 4.79 Å². The Morgan fingerprint density at radius 3 is 2.57 bits per heavy atom. The number of halogens is 1. The molecule has 1 N–H and O–H groups in total. The van der Waals surface area contributed by atoms with Crippen LogP contribution in [0.3, 0.4) is 0 Å². The Bertz CT molecular complexity index is 978. The summed E-state index contributed by atoms with van der Waals surface area (Å²) in [5, 5.41) is 8.28. The Kier molecular flexibility index (Phi) is 6.53. The van der Waals surface area contributed by atoms with Gasteiger partial charge in [-0.2, -0.15) is 5.10 Å². The van der Waals surface area contributed by atoms with Crippen LogP contribution in [0.1, 0.15) is 47.8 Å². The third-order valence-electron chi connectivity index (χ3n) is 4.89. The molecule has 146 valence electrons. The van der Waals surface area contributed by atoms with Crippen molar-refractivity contribution in [3.05, 3.63) is 70.4 Å². The second kappa shape index (κ2) is 9.07. The summed E-state index contributed by atoms with van der Waals surface area (Å²) < 4.78 is 1.64. The summed E-state index contributed by atoms with van der Waals surface area (Å²) >= 11 is 6.39. The highest BCUT2D eigenvalue weighted by molar-refractivity contribution is 6.32. The van der Waals surface area contributed by atoms with Crippen LogP contribution >= 0.6 is 11.6 Å². The minimum Gasteiger partial charge on any atom is -0.351 e. The van der Waals surface area contributed by atoms with Crippen molar-refractivity contribution in [2.75, 3.05) is 6.54 Å². The number of carbonyl (C=O) groups is 1. The van der Waals surface area contributed by atoms with Gasteiger partial charge in [0.1, 0.15) is 5.69 Å². The minimum atomic E-state index is -0.140. The molecule has 0 fully saturated rings. The van der Waals surface area contributed by atoms with Crippen LogP contribution in [-0.2, 0) is 0 Å². The third kappa shape index (κ3) is 4.45. The first-order chi connectivity index (χ1) is 13.5. The van der Waals surface area contributed by atoms with Gasteiger partial charge >= 0.3 is 0 Å². The van der Waals surface area contributed by atoms with Crippen molar-refractivity contribution in [1.29, 1.82) is 0 Å². The SMILES string of the molecule is CCCCCNC(=O)c1cc(-c2ccc(C)c(C)c2)nn1-c1ccccc1Cl. The van der Waals surface area contributed by atoms with Crippen LogP contribution < -0.4 is 5.32 Å². The number of aromatic nitrogens is 2. The molecule has 0 aliphatic heterocycles. The smallest absolute Gasteiger partial charge is 0.270 e. The summed E-state index contributed by atoms with van der Waals surface area (Å²) in [6.45, 7) is 6.95. The summed E-state index contributed by atoms with van der Waals surface area (Å²) in [6.07, 6.45) is 3.18. The topological polar surface area (TPSA) is 46.9 Å². The van der Waals surface area contributed by atoms with Gasteiger partial charge in [0, 0.05) is 12.1 Å². The van der Waals surface area contributed by atoms with Crippen molar-refractivity contribution in [2.24, 2.45) is 0 Å². The fourth-order valence-electron chi connectivity index (χ4n) is 3.06. The Balaban J connectivity index is 2.01. The number of unbranched alkanes of at least 4 members (excludes halogenated alkanes) is 2. The molecule has 1 aromatic heterocycles. The molecule has 3 aromatic rings. The zero-order valence-corrected chi connectivity index (χ0v) is 17.4. The molecule has 0 saturated carbocycles. The Morgan fingerprint density at radius 2 is 1.86 bits per heavy atom. The molecule has 5 heteroatoms. The van der Waals surface area contributed by atoms with E-state index in [1.807, 2.05) is 30.3 Å². The lowest BCUT2D eigenvalue weighted by Crippen LogP contribution is -2.26. The van der Waals surface area contributed by atoms with Gasteiger partial charge in [-0.05, 0) is 55.7 Å². The van der Waals surface area contributed by atoms with Crippen LogP contribution in [0.25, 0.3) is 16.9 Å². The highest BCUT2D eigenvalue weighted by atomic mass is 35.5. The molecule has 2 aromatic carbocycles. The summed E-state index contributed by atoms with van der Waals surface area (Å²) in [4.78, 5) is 12.9. The van der Waals surface area contributed by atoms with E-state index in [1.54, 1.807) is 10.7 Å². The first-order valence-electron chi connectivity index (χ1n) is 9.72. The number of nitrogens with zero attached hydrogens (tertiary/aromatic N) is 2. The number of hydrogen-bond donors (Lipinski definition) is 1.